The highest BCUT2D eigenvalue weighted by molar-refractivity contribution is 5.88. The van der Waals surface area contributed by atoms with Gasteiger partial charge in [0.05, 0.1) is 13.2 Å². The number of amides is 1. The first-order valence-electron chi connectivity index (χ1n) is 7.75. The number of rotatable bonds is 5. The molecular weight excluding hydrogens is 294 g/mol. The summed E-state index contributed by atoms with van der Waals surface area (Å²) in [4.78, 5) is 26.1. The Balaban J connectivity index is 2.79. The van der Waals surface area contributed by atoms with Crippen LogP contribution in [0, 0.1) is 0 Å². The Morgan fingerprint density at radius 3 is 2.57 bits per heavy atom. The second kappa shape index (κ2) is 7.99. The quantitative estimate of drug-likeness (QED) is 0.573. The first kappa shape index (κ1) is 19.0. The minimum absolute atomic E-state index is 0.0437. The Kier molecular flexibility index (Phi) is 6.61. The van der Waals surface area contributed by atoms with E-state index in [-0.39, 0.29) is 5.78 Å². The van der Waals surface area contributed by atoms with Gasteiger partial charge in [0.2, 0.25) is 0 Å². The highest BCUT2D eigenvalue weighted by Gasteiger charge is 2.35. The number of ether oxygens (including phenoxy) is 2. The van der Waals surface area contributed by atoms with Gasteiger partial charge in [-0.1, -0.05) is 24.8 Å². The van der Waals surface area contributed by atoms with Crippen molar-refractivity contribution in [2.45, 2.75) is 51.7 Å². The molecule has 1 heterocycles. The largest absolute Gasteiger partial charge is 0.497 e. The molecule has 1 atom stereocenters. The minimum atomic E-state index is -0.588. The Morgan fingerprint density at radius 1 is 1.35 bits per heavy atom. The van der Waals surface area contributed by atoms with Crippen LogP contribution in [0.1, 0.15) is 40.0 Å². The number of likely N-dealkylation sites (tertiary alicyclic amines) is 1. The van der Waals surface area contributed by atoms with E-state index in [4.69, 9.17) is 9.47 Å². The summed E-state index contributed by atoms with van der Waals surface area (Å²) in [6.07, 6.45) is 4.51. The van der Waals surface area contributed by atoms with Gasteiger partial charge < -0.3 is 9.47 Å². The van der Waals surface area contributed by atoms with Crippen molar-refractivity contribution in [3.05, 3.63) is 36.6 Å². The van der Waals surface area contributed by atoms with Crippen LogP contribution in [0.2, 0.25) is 0 Å². The lowest BCUT2D eigenvalue weighted by atomic mass is 9.95. The lowest BCUT2D eigenvalue weighted by Gasteiger charge is -2.35. The predicted octanol–water partition coefficient (Wildman–Crippen LogP) is 3.62. The maximum Gasteiger partial charge on any atom is 0.410 e. The zero-order valence-electron chi connectivity index (χ0n) is 14.6. The van der Waals surface area contributed by atoms with Crippen LogP contribution in [0.4, 0.5) is 4.79 Å². The lowest BCUT2D eigenvalue weighted by molar-refractivity contribution is -0.126. The van der Waals surface area contributed by atoms with Gasteiger partial charge in [-0.05, 0) is 39.7 Å². The average Bonchev–Trinajstić information content (AvgIpc) is 2.44. The number of piperidine rings is 1. The monoisotopic (exact) mass is 321 g/mol. The van der Waals surface area contributed by atoms with Crippen molar-refractivity contribution >= 4 is 11.9 Å². The summed E-state index contributed by atoms with van der Waals surface area (Å²) in [5, 5.41) is 0. The van der Waals surface area contributed by atoms with E-state index in [0.29, 0.717) is 31.6 Å². The molecule has 1 amide bonds. The number of nitrogens with zero attached hydrogens (tertiary/aromatic N) is 1. The van der Waals surface area contributed by atoms with Gasteiger partial charge in [-0.15, -0.1) is 0 Å². The number of carbonyl (C=O) groups is 2. The van der Waals surface area contributed by atoms with E-state index in [1.807, 2.05) is 20.8 Å². The van der Waals surface area contributed by atoms with E-state index in [9.17, 15) is 9.59 Å². The molecule has 0 aromatic rings. The predicted molar refractivity (Wildman–Crippen MR) is 90.0 cm³/mol. The van der Waals surface area contributed by atoms with Gasteiger partial charge in [0, 0.05) is 13.0 Å². The van der Waals surface area contributed by atoms with Crippen molar-refractivity contribution in [3.8, 4) is 0 Å². The molecule has 0 aliphatic carbocycles. The molecule has 0 spiro atoms. The Bertz CT molecular complexity index is 514. The van der Waals surface area contributed by atoms with Gasteiger partial charge in [-0.2, -0.15) is 0 Å². The first-order valence-corrected chi connectivity index (χ1v) is 7.75. The molecular formula is C18H27NO4. The normalized spacial score (nSPS) is 18.9. The van der Waals surface area contributed by atoms with Crippen molar-refractivity contribution in [1.29, 1.82) is 0 Å². The molecule has 1 unspecified atom stereocenters. The highest BCUT2D eigenvalue weighted by atomic mass is 16.6. The second-order valence-corrected chi connectivity index (χ2v) is 6.63. The molecule has 1 saturated heterocycles. The topological polar surface area (TPSA) is 55.8 Å². The molecule has 128 valence electrons. The number of methoxy groups -OCH3 is 1. The molecule has 0 bridgehead atoms. The number of hydrogen-bond acceptors (Lipinski definition) is 4. The van der Waals surface area contributed by atoms with E-state index >= 15 is 0 Å². The fourth-order valence-corrected chi connectivity index (χ4v) is 2.28. The van der Waals surface area contributed by atoms with Crippen LogP contribution >= 0.6 is 0 Å². The average molecular weight is 321 g/mol. The van der Waals surface area contributed by atoms with Crippen molar-refractivity contribution in [2.75, 3.05) is 13.7 Å². The fourth-order valence-electron chi connectivity index (χ4n) is 2.28. The highest BCUT2D eigenvalue weighted by Crippen LogP contribution is 2.23. The van der Waals surface area contributed by atoms with Gasteiger partial charge in [0.1, 0.15) is 11.4 Å². The molecule has 23 heavy (non-hydrogen) atoms. The van der Waals surface area contributed by atoms with E-state index < -0.39 is 17.7 Å². The van der Waals surface area contributed by atoms with Crippen LogP contribution in [0.25, 0.3) is 0 Å². The number of ketones is 1. The molecule has 0 aromatic heterocycles. The first-order chi connectivity index (χ1) is 10.6. The summed E-state index contributed by atoms with van der Waals surface area (Å²) in [5.41, 5.74) is 0.145. The molecule has 1 aliphatic heterocycles. The summed E-state index contributed by atoms with van der Waals surface area (Å²) < 4.78 is 10.4. The lowest BCUT2D eigenvalue weighted by Crippen LogP contribution is -2.50. The number of carbonyl (C=O) groups excluding carboxylic acids is 2. The molecule has 0 saturated carbocycles. The van der Waals surface area contributed by atoms with Gasteiger partial charge in [0.25, 0.3) is 0 Å². The van der Waals surface area contributed by atoms with Crippen LogP contribution in [-0.4, -0.2) is 42.1 Å². The molecule has 1 aliphatic rings. The van der Waals surface area contributed by atoms with E-state index in [1.54, 1.807) is 12.2 Å². The molecule has 5 nitrogen and oxygen atoms in total. The Hall–Kier alpha value is -2.04. The molecule has 5 heteroatoms. The third-order valence-corrected chi connectivity index (χ3v) is 3.42. The fraction of sp³-hybridized carbons (Fsp3) is 0.556. The summed E-state index contributed by atoms with van der Waals surface area (Å²) >= 11 is 0. The molecule has 1 fully saturated rings. The zero-order chi connectivity index (χ0) is 17.6. The van der Waals surface area contributed by atoms with Crippen molar-refractivity contribution in [1.82, 2.24) is 4.90 Å². The van der Waals surface area contributed by atoms with Gasteiger partial charge in [-0.25, -0.2) is 4.79 Å². The summed E-state index contributed by atoms with van der Waals surface area (Å²) in [7, 11) is 1.53. The van der Waals surface area contributed by atoms with Crippen LogP contribution in [0.3, 0.4) is 0 Å². The SMILES string of the molecule is C=C(/C=C\C(=C)OC)CC1C(=O)CCCN1C(=O)OC(C)(C)C. The zero-order valence-corrected chi connectivity index (χ0v) is 14.6. The molecule has 0 radical (unpaired) electrons. The smallest absolute Gasteiger partial charge is 0.410 e. The Labute approximate surface area is 138 Å². The number of Topliss-reactive ketones (excluding diaryl/α,β-unsaturated/α-hetero) is 1. The van der Waals surface area contributed by atoms with Crippen molar-refractivity contribution in [2.24, 2.45) is 0 Å². The van der Waals surface area contributed by atoms with Crippen molar-refractivity contribution in [3.63, 3.8) is 0 Å². The van der Waals surface area contributed by atoms with E-state index in [1.165, 1.54) is 12.0 Å². The summed E-state index contributed by atoms with van der Waals surface area (Å²) in [6.45, 7) is 13.6. The van der Waals surface area contributed by atoms with Crippen molar-refractivity contribution < 1.29 is 19.1 Å². The van der Waals surface area contributed by atoms with Crippen LogP contribution in [-0.2, 0) is 14.3 Å². The van der Waals surface area contributed by atoms with Crippen LogP contribution in [0.15, 0.2) is 36.6 Å². The van der Waals surface area contributed by atoms with Gasteiger partial charge in [0.15, 0.2) is 5.78 Å². The summed E-state index contributed by atoms with van der Waals surface area (Å²) in [5.74, 6) is 0.548. The molecule has 0 N–H and O–H groups in total. The van der Waals surface area contributed by atoms with Gasteiger partial charge >= 0.3 is 6.09 Å². The molecule has 0 aromatic carbocycles. The minimum Gasteiger partial charge on any atom is -0.497 e. The molecule has 1 rings (SSSR count). The van der Waals surface area contributed by atoms with E-state index in [0.717, 1.165) is 5.57 Å². The number of allylic oxidation sites excluding steroid dienone is 2. The number of hydrogen-bond donors (Lipinski definition) is 0. The van der Waals surface area contributed by atoms with E-state index in [2.05, 4.69) is 13.2 Å². The Morgan fingerprint density at radius 2 is 2.00 bits per heavy atom. The van der Waals surface area contributed by atoms with Gasteiger partial charge in [-0.3, -0.25) is 9.69 Å². The summed E-state index contributed by atoms with van der Waals surface area (Å²) in [6, 6.07) is -0.522. The second-order valence-electron chi connectivity index (χ2n) is 6.63. The maximum absolute atomic E-state index is 12.3. The maximum atomic E-state index is 12.3. The standard InChI is InChI=1S/C18H27NO4/c1-13(9-10-14(2)22-6)12-15-16(20)8-7-11-19(15)17(21)23-18(3,4)5/h9-10,15H,1-2,7-8,11-12H2,3-6H3/b10-9-. The van der Waals surface area contributed by atoms with Crippen LogP contribution < -0.4 is 0 Å². The third kappa shape index (κ3) is 6.30. The third-order valence-electron chi connectivity index (χ3n) is 3.42. The van der Waals surface area contributed by atoms with Crippen LogP contribution in [0.5, 0.6) is 0 Å².